The molecule has 0 fully saturated rings. The van der Waals surface area contributed by atoms with Crippen LogP contribution in [0.4, 0.5) is 5.69 Å². The maximum absolute atomic E-state index is 12.8. The van der Waals surface area contributed by atoms with Crippen LogP contribution >= 0.6 is 7.44 Å². The molecule has 96 valence electrons. The molecule has 0 spiro atoms. The lowest BCUT2D eigenvalue weighted by Crippen LogP contribution is -2.30. The minimum atomic E-state index is -2.68. The van der Waals surface area contributed by atoms with Gasteiger partial charge in [0.15, 0.2) is 0 Å². The fourth-order valence-electron chi connectivity index (χ4n) is 1.46. The smallest absolute Gasteiger partial charge is 0.240 e. The molecular formula is C12H22N3OP. The highest BCUT2D eigenvalue weighted by molar-refractivity contribution is 7.67. The lowest BCUT2D eigenvalue weighted by atomic mass is 10.3. The monoisotopic (exact) mass is 255 g/mol. The van der Waals surface area contributed by atoms with Gasteiger partial charge in [-0.2, -0.15) is 0 Å². The molecule has 0 aromatic heterocycles. The molecule has 0 saturated carbocycles. The van der Waals surface area contributed by atoms with Crippen LogP contribution < -0.4 is 21.2 Å². The predicted octanol–water partition coefficient (Wildman–Crippen LogP) is 2.09. The summed E-state index contributed by atoms with van der Waals surface area (Å²) < 4.78 is 12.8. The second-order valence-electron chi connectivity index (χ2n) is 4.02. The molecule has 1 rings (SSSR count). The van der Waals surface area contributed by atoms with Crippen molar-refractivity contribution in [3.63, 3.8) is 0 Å². The summed E-state index contributed by atoms with van der Waals surface area (Å²) in [5.74, 6) is 0. The summed E-state index contributed by atoms with van der Waals surface area (Å²) in [6.45, 7) is 5.58. The quantitative estimate of drug-likeness (QED) is 0.515. The Bertz CT molecular complexity index is 366. The number of benzene rings is 1. The van der Waals surface area contributed by atoms with E-state index in [0.717, 1.165) is 31.2 Å². The van der Waals surface area contributed by atoms with Crippen molar-refractivity contribution < 1.29 is 4.57 Å². The van der Waals surface area contributed by atoms with Gasteiger partial charge in [-0.05, 0) is 37.1 Å². The molecule has 4 nitrogen and oxygen atoms in total. The van der Waals surface area contributed by atoms with Crippen molar-refractivity contribution in [2.75, 3.05) is 18.8 Å². The van der Waals surface area contributed by atoms with E-state index in [4.69, 9.17) is 5.73 Å². The Balaban J connectivity index is 2.88. The first kappa shape index (κ1) is 14.2. The zero-order valence-corrected chi connectivity index (χ0v) is 11.5. The molecule has 0 unspecified atom stereocenters. The largest absolute Gasteiger partial charge is 0.399 e. The first-order chi connectivity index (χ1) is 8.12. The number of nitrogen functional groups attached to an aromatic ring is 1. The van der Waals surface area contributed by atoms with Gasteiger partial charge in [0.25, 0.3) is 0 Å². The van der Waals surface area contributed by atoms with E-state index in [1.54, 1.807) is 12.1 Å². The maximum Gasteiger partial charge on any atom is 0.240 e. The number of hydrogen-bond donors (Lipinski definition) is 3. The molecule has 1 aromatic rings. The van der Waals surface area contributed by atoms with Gasteiger partial charge < -0.3 is 5.73 Å². The van der Waals surface area contributed by atoms with Crippen LogP contribution in [0, 0.1) is 0 Å². The van der Waals surface area contributed by atoms with Crippen LogP contribution in [0.5, 0.6) is 0 Å². The Morgan fingerprint density at radius 1 is 1.06 bits per heavy atom. The van der Waals surface area contributed by atoms with Crippen molar-refractivity contribution in [1.82, 2.24) is 10.2 Å². The van der Waals surface area contributed by atoms with Crippen molar-refractivity contribution in [2.24, 2.45) is 0 Å². The van der Waals surface area contributed by atoms with E-state index < -0.39 is 7.44 Å². The molecule has 4 N–H and O–H groups in total. The van der Waals surface area contributed by atoms with E-state index in [0.29, 0.717) is 5.69 Å². The molecule has 0 aliphatic carbocycles. The number of nitrogens with two attached hydrogens (primary N) is 1. The average molecular weight is 255 g/mol. The molecule has 0 bridgehead atoms. The second-order valence-corrected chi connectivity index (χ2v) is 6.38. The van der Waals surface area contributed by atoms with Crippen molar-refractivity contribution >= 4 is 18.4 Å². The van der Waals surface area contributed by atoms with Gasteiger partial charge >= 0.3 is 0 Å². The fourth-order valence-corrected chi connectivity index (χ4v) is 3.58. The topological polar surface area (TPSA) is 67.2 Å². The molecule has 0 atom stereocenters. The van der Waals surface area contributed by atoms with Gasteiger partial charge in [0.2, 0.25) is 7.44 Å². The summed E-state index contributed by atoms with van der Waals surface area (Å²) in [4.78, 5) is 0. The minimum Gasteiger partial charge on any atom is -0.399 e. The molecular weight excluding hydrogens is 233 g/mol. The van der Waals surface area contributed by atoms with E-state index in [1.807, 2.05) is 12.1 Å². The van der Waals surface area contributed by atoms with Crippen molar-refractivity contribution in [1.29, 1.82) is 0 Å². The van der Waals surface area contributed by atoms with Crippen LogP contribution in [0.2, 0.25) is 0 Å². The molecule has 0 amide bonds. The Morgan fingerprint density at radius 3 is 1.94 bits per heavy atom. The van der Waals surface area contributed by atoms with Crippen LogP contribution in [-0.2, 0) is 4.57 Å². The van der Waals surface area contributed by atoms with E-state index >= 15 is 0 Å². The SMILES string of the molecule is CCCNP(=O)(NCCC)c1ccc(N)cc1. The predicted molar refractivity (Wildman–Crippen MR) is 74.7 cm³/mol. The summed E-state index contributed by atoms with van der Waals surface area (Å²) >= 11 is 0. The Kier molecular flexibility index (Phi) is 5.69. The minimum absolute atomic E-state index is 0.686. The Hall–Kier alpha value is -0.830. The lowest BCUT2D eigenvalue weighted by Gasteiger charge is -2.20. The number of hydrogen-bond acceptors (Lipinski definition) is 2. The van der Waals surface area contributed by atoms with Crippen molar-refractivity contribution in [3.05, 3.63) is 24.3 Å². The molecule has 0 aliphatic heterocycles. The molecule has 0 radical (unpaired) electrons. The zero-order chi connectivity index (χ0) is 12.7. The first-order valence-corrected chi connectivity index (χ1v) is 7.79. The first-order valence-electron chi connectivity index (χ1n) is 6.08. The summed E-state index contributed by atoms with van der Waals surface area (Å²) in [6.07, 6.45) is 1.90. The zero-order valence-electron chi connectivity index (χ0n) is 10.6. The van der Waals surface area contributed by atoms with Crippen LogP contribution in [-0.4, -0.2) is 13.1 Å². The Labute approximate surface area is 103 Å². The Morgan fingerprint density at radius 2 is 1.53 bits per heavy atom. The highest BCUT2D eigenvalue weighted by atomic mass is 31.2. The molecule has 0 saturated heterocycles. The van der Waals surface area contributed by atoms with Gasteiger partial charge in [0.05, 0.1) is 0 Å². The van der Waals surface area contributed by atoms with Gasteiger partial charge in [0.1, 0.15) is 0 Å². The van der Waals surface area contributed by atoms with Crippen LogP contribution in [0.3, 0.4) is 0 Å². The second kappa shape index (κ2) is 6.80. The highest BCUT2D eigenvalue weighted by Gasteiger charge is 2.22. The van der Waals surface area contributed by atoms with Crippen LogP contribution in [0.1, 0.15) is 26.7 Å². The highest BCUT2D eigenvalue weighted by Crippen LogP contribution is 2.34. The molecule has 0 heterocycles. The van der Waals surface area contributed by atoms with E-state index in [9.17, 15) is 4.57 Å². The molecule has 5 heteroatoms. The van der Waals surface area contributed by atoms with Gasteiger partial charge in [-0.1, -0.05) is 13.8 Å². The molecule has 1 aromatic carbocycles. The van der Waals surface area contributed by atoms with E-state index in [2.05, 4.69) is 24.0 Å². The molecule has 17 heavy (non-hydrogen) atoms. The van der Waals surface area contributed by atoms with Gasteiger partial charge in [0, 0.05) is 24.1 Å². The number of anilines is 1. The summed E-state index contributed by atoms with van der Waals surface area (Å²) in [5, 5.41) is 7.03. The lowest BCUT2D eigenvalue weighted by molar-refractivity contribution is 0.559. The fraction of sp³-hybridized carbons (Fsp3) is 0.500. The number of nitrogens with one attached hydrogen (secondary N) is 2. The maximum atomic E-state index is 12.8. The summed E-state index contributed by atoms with van der Waals surface area (Å²) in [6, 6.07) is 7.20. The third kappa shape index (κ3) is 4.15. The third-order valence-corrected chi connectivity index (χ3v) is 4.79. The third-order valence-electron chi connectivity index (χ3n) is 2.43. The van der Waals surface area contributed by atoms with Crippen LogP contribution in [0.15, 0.2) is 24.3 Å². The summed E-state index contributed by atoms with van der Waals surface area (Å²) in [7, 11) is -2.68. The normalized spacial score (nSPS) is 11.6. The van der Waals surface area contributed by atoms with Crippen molar-refractivity contribution in [2.45, 2.75) is 26.7 Å². The van der Waals surface area contributed by atoms with Gasteiger partial charge in [-0.3, -0.25) is 14.7 Å². The number of rotatable bonds is 7. The summed E-state index contributed by atoms with van der Waals surface area (Å²) in [5.41, 5.74) is 6.33. The van der Waals surface area contributed by atoms with Gasteiger partial charge in [-0.15, -0.1) is 0 Å². The molecule has 0 aliphatic rings. The van der Waals surface area contributed by atoms with Crippen LogP contribution in [0.25, 0.3) is 0 Å². The van der Waals surface area contributed by atoms with Crippen molar-refractivity contribution in [3.8, 4) is 0 Å². The van der Waals surface area contributed by atoms with Gasteiger partial charge in [-0.25, -0.2) is 0 Å². The standard InChI is InChI=1S/C12H22N3OP/c1-3-9-14-17(16,15-10-4-2)12-7-5-11(13)6-8-12/h5-8H,3-4,9-10,13H2,1-2H3,(H2,14,15,16). The van der Waals surface area contributed by atoms with E-state index in [-0.39, 0.29) is 0 Å². The van der Waals surface area contributed by atoms with E-state index in [1.165, 1.54) is 0 Å². The average Bonchev–Trinajstić information content (AvgIpc) is 2.34.